The van der Waals surface area contributed by atoms with Crippen molar-refractivity contribution in [3.63, 3.8) is 0 Å². The zero-order valence-electron chi connectivity index (χ0n) is 16.3. The number of anilines is 1. The minimum Gasteiger partial charge on any atom is -0.478 e. The molecule has 0 radical (unpaired) electrons. The molecule has 27 heavy (non-hydrogen) atoms. The molecule has 2 aromatic rings. The molecule has 0 aliphatic heterocycles. The van der Waals surface area contributed by atoms with Crippen LogP contribution in [0.5, 0.6) is 5.75 Å². The number of para-hydroxylation sites is 1. The van der Waals surface area contributed by atoms with Crippen molar-refractivity contribution in [1.29, 1.82) is 0 Å². The third-order valence-electron chi connectivity index (χ3n) is 4.17. The molecule has 0 unspecified atom stereocenters. The van der Waals surface area contributed by atoms with E-state index in [2.05, 4.69) is 5.32 Å². The molecule has 0 bridgehead atoms. The molecule has 0 heterocycles. The Kier molecular flexibility index (Phi) is 6.20. The summed E-state index contributed by atoms with van der Waals surface area (Å²) in [6.45, 7) is 6.94. The van der Waals surface area contributed by atoms with Crippen molar-refractivity contribution in [3.8, 4) is 5.75 Å². The van der Waals surface area contributed by atoms with Crippen molar-refractivity contribution >= 4 is 17.5 Å². The number of rotatable bonds is 6. The lowest BCUT2D eigenvalue weighted by atomic mass is 10.1. The van der Waals surface area contributed by atoms with Gasteiger partial charge in [-0.1, -0.05) is 18.2 Å². The highest BCUT2D eigenvalue weighted by Gasteiger charge is 2.33. The standard InChI is InChI=1S/C21H25FN2O3/c1-14-7-6-8-15(2)19(14)23-18(25)13-24(5)20(26)21(3,4)27-17-11-9-16(22)10-12-17/h6-12H,13H2,1-5H3,(H,23,25). The number of ether oxygens (including phenoxy) is 1. The van der Waals surface area contributed by atoms with Gasteiger partial charge in [-0.2, -0.15) is 0 Å². The number of likely N-dealkylation sites (N-methyl/N-ethyl adjacent to an activating group) is 1. The quantitative estimate of drug-likeness (QED) is 0.841. The van der Waals surface area contributed by atoms with Gasteiger partial charge in [0.15, 0.2) is 5.60 Å². The lowest BCUT2D eigenvalue weighted by Gasteiger charge is -2.30. The molecule has 0 spiro atoms. The van der Waals surface area contributed by atoms with Gasteiger partial charge in [-0.25, -0.2) is 4.39 Å². The van der Waals surface area contributed by atoms with E-state index in [-0.39, 0.29) is 24.2 Å². The van der Waals surface area contributed by atoms with Crippen LogP contribution in [0, 0.1) is 19.7 Å². The van der Waals surface area contributed by atoms with Gasteiger partial charge in [-0.3, -0.25) is 9.59 Å². The Morgan fingerprint density at radius 1 is 1.07 bits per heavy atom. The fraction of sp³-hybridized carbons (Fsp3) is 0.333. The zero-order chi connectivity index (χ0) is 20.2. The summed E-state index contributed by atoms with van der Waals surface area (Å²) < 4.78 is 18.7. The number of hydrogen-bond acceptors (Lipinski definition) is 3. The highest BCUT2D eigenvalue weighted by molar-refractivity contribution is 5.96. The second-order valence-corrected chi connectivity index (χ2v) is 7.04. The Bertz CT molecular complexity index is 812. The van der Waals surface area contributed by atoms with Gasteiger partial charge in [0, 0.05) is 12.7 Å². The van der Waals surface area contributed by atoms with Crippen molar-refractivity contribution in [2.24, 2.45) is 0 Å². The van der Waals surface area contributed by atoms with Gasteiger partial charge < -0.3 is 15.0 Å². The fourth-order valence-corrected chi connectivity index (χ4v) is 2.78. The Hall–Kier alpha value is -2.89. The first kappa shape index (κ1) is 20.4. The van der Waals surface area contributed by atoms with Crippen LogP contribution in [0.3, 0.4) is 0 Å². The molecule has 1 N–H and O–H groups in total. The molecule has 5 nitrogen and oxygen atoms in total. The van der Waals surface area contributed by atoms with Crippen LogP contribution in [0.2, 0.25) is 0 Å². The van der Waals surface area contributed by atoms with Crippen molar-refractivity contribution in [3.05, 3.63) is 59.4 Å². The summed E-state index contributed by atoms with van der Waals surface area (Å²) in [5.41, 5.74) is 1.46. The molecule has 2 amide bonds. The minimum absolute atomic E-state index is 0.108. The van der Waals surface area contributed by atoms with Crippen LogP contribution in [-0.2, 0) is 9.59 Å². The first-order valence-corrected chi connectivity index (χ1v) is 8.66. The summed E-state index contributed by atoms with van der Waals surface area (Å²) in [6.07, 6.45) is 0. The topological polar surface area (TPSA) is 58.6 Å². The third kappa shape index (κ3) is 5.29. The van der Waals surface area contributed by atoms with Crippen LogP contribution in [-0.4, -0.2) is 35.9 Å². The highest BCUT2D eigenvalue weighted by atomic mass is 19.1. The van der Waals surface area contributed by atoms with Gasteiger partial charge in [0.2, 0.25) is 5.91 Å². The van der Waals surface area contributed by atoms with E-state index >= 15 is 0 Å². The van der Waals surface area contributed by atoms with E-state index in [1.807, 2.05) is 32.0 Å². The lowest BCUT2D eigenvalue weighted by molar-refractivity contribution is -0.145. The number of carbonyl (C=O) groups excluding carboxylic acids is 2. The maximum atomic E-state index is 13.0. The molecule has 6 heteroatoms. The molecule has 0 aromatic heterocycles. The number of amides is 2. The molecule has 2 rings (SSSR count). The first-order chi connectivity index (χ1) is 12.6. The molecular formula is C21H25FN2O3. The summed E-state index contributed by atoms with van der Waals surface area (Å²) in [7, 11) is 1.54. The van der Waals surface area contributed by atoms with E-state index < -0.39 is 5.60 Å². The van der Waals surface area contributed by atoms with Crippen LogP contribution in [0.1, 0.15) is 25.0 Å². The van der Waals surface area contributed by atoms with Crippen LogP contribution in [0.25, 0.3) is 0 Å². The maximum Gasteiger partial charge on any atom is 0.266 e. The largest absolute Gasteiger partial charge is 0.478 e. The Morgan fingerprint density at radius 2 is 1.63 bits per heavy atom. The molecule has 144 valence electrons. The van der Waals surface area contributed by atoms with Gasteiger partial charge in [-0.05, 0) is 63.1 Å². The average Bonchev–Trinajstić information content (AvgIpc) is 2.59. The summed E-state index contributed by atoms with van der Waals surface area (Å²) in [4.78, 5) is 26.4. The van der Waals surface area contributed by atoms with E-state index in [0.717, 1.165) is 16.8 Å². The van der Waals surface area contributed by atoms with E-state index in [4.69, 9.17) is 4.74 Å². The molecule has 0 aliphatic carbocycles. The summed E-state index contributed by atoms with van der Waals surface area (Å²) in [6, 6.07) is 11.2. The van der Waals surface area contributed by atoms with E-state index in [0.29, 0.717) is 5.75 Å². The SMILES string of the molecule is Cc1cccc(C)c1NC(=O)CN(C)C(=O)C(C)(C)Oc1ccc(F)cc1. The number of aryl methyl sites for hydroxylation is 2. The number of nitrogens with zero attached hydrogens (tertiary/aromatic N) is 1. The third-order valence-corrected chi connectivity index (χ3v) is 4.17. The van der Waals surface area contributed by atoms with Crippen molar-refractivity contribution < 1.29 is 18.7 Å². The van der Waals surface area contributed by atoms with Crippen LogP contribution < -0.4 is 10.1 Å². The highest BCUT2D eigenvalue weighted by Crippen LogP contribution is 2.21. The van der Waals surface area contributed by atoms with Crippen LogP contribution in [0.4, 0.5) is 10.1 Å². The van der Waals surface area contributed by atoms with Gasteiger partial charge in [-0.15, -0.1) is 0 Å². The number of nitrogens with one attached hydrogen (secondary N) is 1. The van der Waals surface area contributed by atoms with Crippen LogP contribution >= 0.6 is 0 Å². The van der Waals surface area contributed by atoms with Gasteiger partial charge >= 0.3 is 0 Å². The predicted octanol–water partition coefficient (Wildman–Crippen LogP) is 3.70. The molecule has 0 aliphatic rings. The number of benzene rings is 2. The summed E-state index contributed by atoms with van der Waals surface area (Å²) >= 11 is 0. The Balaban J connectivity index is 2.01. The molecule has 0 saturated heterocycles. The second kappa shape index (κ2) is 8.20. The Morgan fingerprint density at radius 3 is 2.19 bits per heavy atom. The lowest BCUT2D eigenvalue weighted by Crippen LogP contribution is -2.49. The van der Waals surface area contributed by atoms with E-state index in [1.54, 1.807) is 20.9 Å². The molecule has 2 aromatic carbocycles. The van der Waals surface area contributed by atoms with Crippen LogP contribution in [0.15, 0.2) is 42.5 Å². The number of halogens is 1. The second-order valence-electron chi connectivity index (χ2n) is 7.04. The summed E-state index contributed by atoms with van der Waals surface area (Å²) in [5, 5.41) is 2.86. The average molecular weight is 372 g/mol. The predicted molar refractivity (Wildman–Crippen MR) is 103 cm³/mol. The number of carbonyl (C=O) groups is 2. The van der Waals surface area contributed by atoms with Gasteiger partial charge in [0.25, 0.3) is 5.91 Å². The fourth-order valence-electron chi connectivity index (χ4n) is 2.78. The number of hydrogen-bond donors (Lipinski definition) is 1. The Labute approximate surface area is 159 Å². The minimum atomic E-state index is -1.20. The zero-order valence-corrected chi connectivity index (χ0v) is 16.3. The molecule has 0 saturated carbocycles. The molecule has 0 atom stereocenters. The van der Waals surface area contributed by atoms with E-state index in [1.165, 1.54) is 29.2 Å². The van der Waals surface area contributed by atoms with Crippen molar-refractivity contribution in [2.45, 2.75) is 33.3 Å². The normalized spacial score (nSPS) is 11.0. The maximum absolute atomic E-state index is 13.0. The first-order valence-electron chi connectivity index (χ1n) is 8.66. The van der Waals surface area contributed by atoms with E-state index in [9.17, 15) is 14.0 Å². The molecular weight excluding hydrogens is 347 g/mol. The van der Waals surface area contributed by atoms with Crippen molar-refractivity contribution in [2.75, 3.05) is 18.9 Å². The monoisotopic (exact) mass is 372 g/mol. The molecule has 0 fully saturated rings. The summed E-state index contributed by atoms with van der Waals surface area (Å²) in [5.74, 6) is -0.653. The van der Waals surface area contributed by atoms with Gasteiger partial charge in [0.05, 0.1) is 6.54 Å². The smallest absolute Gasteiger partial charge is 0.266 e. The van der Waals surface area contributed by atoms with Gasteiger partial charge in [0.1, 0.15) is 11.6 Å². The van der Waals surface area contributed by atoms with Crippen molar-refractivity contribution in [1.82, 2.24) is 4.90 Å².